The van der Waals surface area contributed by atoms with Crippen molar-refractivity contribution in [3.05, 3.63) is 26.4 Å². The number of H-pyrrole nitrogens is 1. The highest BCUT2D eigenvalue weighted by Gasteiger charge is 2.32. The van der Waals surface area contributed by atoms with Crippen LogP contribution in [0.1, 0.15) is 54.4 Å². The Morgan fingerprint density at radius 1 is 1.45 bits per heavy atom. The monoisotopic (exact) mass is 440 g/mol. The summed E-state index contributed by atoms with van der Waals surface area (Å²) in [5.74, 6) is -0.102. The quantitative estimate of drug-likeness (QED) is 0.390. The Labute approximate surface area is 177 Å². The average Bonchev–Trinajstić information content (AvgIpc) is 3.18. The van der Waals surface area contributed by atoms with Gasteiger partial charge in [-0.1, -0.05) is 18.5 Å². The first-order chi connectivity index (χ1) is 13.8. The van der Waals surface area contributed by atoms with Gasteiger partial charge in [0.2, 0.25) is 5.91 Å². The van der Waals surface area contributed by atoms with Crippen LogP contribution in [0, 0.1) is 5.92 Å². The van der Waals surface area contributed by atoms with E-state index in [0.717, 1.165) is 41.5 Å². The van der Waals surface area contributed by atoms with Crippen LogP contribution in [0.3, 0.4) is 0 Å². The average molecular weight is 441 g/mol. The van der Waals surface area contributed by atoms with Crippen LogP contribution >= 0.6 is 23.1 Å². The van der Waals surface area contributed by atoms with E-state index in [-0.39, 0.29) is 12.5 Å². The van der Waals surface area contributed by atoms with Crippen LogP contribution in [0.25, 0.3) is 0 Å². The minimum Gasteiger partial charge on any atom is -0.462 e. The predicted molar refractivity (Wildman–Crippen MR) is 111 cm³/mol. The molecule has 0 saturated carbocycles. The molecule has 2 heterocycles. The second-order valence-electron chi connectivity index (χ2n) is 7.13. The van der Waals surface area contributed by atoms with Crippen LogP contribution in [0.5, 0.6) is 0 Å². The lowest BCUT2D eigenvalue weighted by Gasteiger charge is -2.18. The van der Waals surface area contributed by atoms with E-state index in [0.29, 0.717) is 27.9 Å². The van der Waals surface area contributed by atoms with E-state index in [2.05, 4.69) is 17.5 Å². The maximum Gasteiger partial charge on any atom is 0.441 e. The molecule has 1 aliphatic carbocycles. The third-order valence-corrected chi connectivity index (χ3v) is 7.57. The molecule has 0 spiro atoms. The van der Waals surface area contributed by atoms with E-state index in [1.54, 1.807) is 14.0 Å². The maximum absolute atomic E-state index is 13.0. The van der Waals surface area contributed by atoms with Gasteiger partial charge in [-0.3, -0.25) is 9.32 Å². The molecule has 2 N–H and O–H groups in total. The van der Waals surface area contributed by atoms with Gasteiger partial charge in [0.25, 0.3) is 0 Å². The summed E-state index contributed by atoms with van der Waals surface area (Å²) in [5, 5.41) is 5.73. The number of aromatic nitrogens is 2. The summed E-state index contributed by atoms with van der Waals surface area (Å²) in [5.41, 5.74) is 0.968. The Bertz CT molecular complexity index is 962. The lowest BCUT2D eigenvalue weighted by atomic mass is 9.88. The van der Waals surface area contributed by atoms with Crippen molar-refractivity contribution >= 4 is 40.0 Å². The number of rotatable bonds is 7. The van der Waals surface area contributed by atoms with E-state index >= 15 is 0 Å². The van der Waals surface area contributed by atoms with Gasteiger partial charge in [-0.2, -0.15) is 0 Å². The van der Waals surface area contributed by atoms with Gasteiger partial charge in [-0.15, -0.1) is 11.3 Å². The fourth-order valence-electron chi connectivity index (χ4n) is 3.37. The molecular formula is C19H26N3O5S2+. The number of nitrogens with zero attached hydrogens (tertiary/aromatic N) is 1. The molecule has 0 fully saturated rings. The summed E-state index contributed by atoms with van der Waals surface area (Å²) in [6.07, 6.45) is 3.23. The number of ether oxygens (including phenoxy) is 1. The number of hydrogen-bond acceptors (Lipinski definition) is 7. The summed E-state index contributed by atoms with van der Waals surface area (Å²) in [4.78, 5) is 38.5. The Hall–Kier alpha value is -2.07. The number of fused-ring (bicyclic) bond motifs is 1. The number of anilines is 1. The van der Waals surface area contributed by atoms with Gasteiger partial charge in [0.15, 0.2) is 7.05 Å². The molecule has 1 amide bonds. The fourth-order valence-corrected chi connectivity index (χ4v) is 5.70. The Kier molecular flexibility index (Phi) is 6.84. The van der Waals surface area contributed by atoms with Crippen LogP contribution in [0.4, 0.5) is 5.00 Å². The largest absolute Gasteiger partial charge is 0.462 e. The molecule has 0 bridgehead atoms. The van der Waals surface area contributed by atoms with Crippen molar-refractivity contribution in [3.8, 4) is 0 Å². The minimum atomic E-state index is -0.517. The third kappa shape index (κ3) is 4.58. The Morgan fingerprint density at radius 2 is 2.21 bits per heavy atom. The highest BCUT2D eigenvalue weighted by Crippen LogP contribution is 2.40. The fraction of sp³-hybridized carbons (Fsp3) is 0.579. The standard InChI is InChI=1S/C19H25N3O5S2/c1-5-12(29-17-19(25)27-21-22(17)4)15(23)20-16-14(18(24)26-6-2)11-8-7-10(3)9-13(11)28-16/h10,12H,5-9H2,1-4H3,(H-,20,21,23,24,25)/p+1. The molecule has 2 aromatic rings. The van der Waals surface area contributed by atoms with E-state index < -0.39 is 16.8 Å². The first-order valence-electron chi connectivity index (χ1n) is 9.72. The maximum atomic E-state index is 13.0. The van der Waals surface area contributed by atoms with Crippen LogP contribution in [0.2, 0.25) is 0 Å². The molecule has 29 heavy (non-hydrogen) atoms. The lowest BCUT2D eigenvalue weighted by Crippen LogP contribution is -2.35. The summed E-state index contributed by atoms with van der Waals surface area (Å²) in [6, 6.07) is 0. The molecule has 10 heteroatoms. The van der Waals surface area contributed by atoms with Crippen LogP contribution in [-0.2, 0) is 29.4 Å². The second kappa shape index (κ2) is 9.17. The Balaban J connectivity index is 1.86. The third-order valence-electron chi connectivity index (χ3n) is 4.90. The molecule has 0 radical (unpaired) electrons. The van der Waals surface area contributed by atoms with Gasteiger partial charge in [0, 0.05) is 4.88 Å². The second-order valence-corrected chi connectivity index (χ2v) is 9.42. The molecule has 1 aliphatic rings. The van der Waals surface area contributed by atoms with Gasteiger partial charge in [0.05, 0.1) is 17.4 Å². The van der Waals surface area contributed by atoms with Gasteiger partial charge in [-0.05, 0) is 61.1 Å². The first kappa shape index (κ1) is 21.6. The first-order valence-corrected chi connectivity index (χ1v) is 11.4. The number of thiophene rings is 1. The molecule has 8 nitrogen and oxygen atoms in total. The predicted octanol–water partition coefficient (Wildman–Crippen LogP) is 2.66. The normalized spacial score (nSPS) is 16.9. The molecule has 0 aliphatic heterocycles. The number of amides is 1. The van der Waals surface area contributed by atoms with Gasteiger partial charge < -0.3 is 10.1 Å². The summed E-state index contributed by atoms with van der Waals surface area (Å²) in [6.45, 7) is 6.11. The number of carbonyl (C=O) groups excluding carboxylic acids is 2. The highest BCUT2D eigenvalue weighted by molar-refractivity contribution is 8.00. The summed E-state index contributed by atoms with van der Waals surface area (Å²) >= 11 is 2.59. The van der Waals surface area contributed by atoms with Crippen molar-refractivity contribution in [1.82, 2.24) is 5.27 Å². The highest BCUT2D eigenvalue weighted by atomic mass is 32.2. The molecule has 3 rings (SSSR count). The topological polar surface area (TPSA) is 105 Å². The smallest absolute Gasteiger partial charge is 0.441 e. The zero-order valence-corrected chi connectivity index (χ0v) is 18.6. The number of hydrogen-bond donors (Lipinski definition) is 2. The number of thioether (sulfide) groups is 1. The van der Waals surface area contributed by atoms with Crippen molar-refractivity contribution in [1.29, 1.82) is 0 Å². The van der Waals surface area contributed by atoms with Gasteiger partial charge in [-0.25, -0.2) is 9.59 Å². The molecular weight excluding hydrogens is 414 g/mol. The Morgan fingerprint density at radius 3 is 2.83 bits per heavy atom. The number of carbonyl (C=O) groups is 2. The molecule has 158 valence electrons. The molecule has 0 aromatic carbocycles. The number of esters is 1. The van der Waals surface area contributed by atoms with Crippen LogP contribution < -0.4 is 15.6 Å². The van der Waals surface area contributed by atoms with Gasteiger partial charge in [0.1, 0.15) is 5.00 Å². The molecule has 2 atom stereocenters. The molecule has 2 aromatic heterocycles. The van der Waals surface area contributed by atoms with Crippen LogP contribution in [-0.4, -0.2) is 29.0 Å². The van der Waals surface area contributed by atoms with E-state index in [4.69, 9.17) is 9.26 Å². The number of nitrogens with one attached hydrogen (secondary N) is 2. The van der Waals surface area contributed by atoms with E-state index in [9.17, 15) is 14.4 Å². The lowest BCUT2D eigenvalue weighted by molar-refractivity contribution is -0.772. The van der Waals surface area contributed by atoms with E-state index in [1.807, 2.05) is 6.92 Å². The van der Waals surface area contributed by atoms with Crippen molar-refractivity contribution in [2.24, 2.45) is 13.0 Å². The zero-order valence-electron chi connectivity index (χ0n) is 17.0. The van der Waals surface area contributed by atoms with Crippen LogP contribution in [0.15, 0.2) is 14.3 Å². The van der Waals surface area contributed by atoms with Crippen molar-refractivity contribution in [2.45, 2.75) is 56.7 Å². The molecule has 0 saturated heterocycles. The SMILES string of the molecule is CCOC(=O)c1c(NC(=O)C(CC)Sc2c(=O)o[nH][n+]2C)sc2c1CCC(C)C2. The zero-order chi connectivity index (χ0) is 21.1. The summed E-state index contributed by atoms with van der Waals surface area (Å²) in [7, 11) is 1.64. The van der Waals surface area contributed by atoms with Crippen molar-refractivity contribution < 1.29 is 23.5 Å². The van der Waals surface area contributed by atoms with Gasteiger partial charge >= 0.3 is 16.6 Å². The minimum absolute atomic E-state index is 0.254. The van der Waals surface area contributed by atoms with Crippen molar-refractivity contribution in [2.75, 3.05) is 11.9 Å². The van der Waals surface area contributed by atoms with Crippen molar-refractivity contribution in [3.63, 3.8) is 0 Å². The number of aromatic amines is 1. The molecule has 2 unspecified atom stereocenters. The number of aryl methyl sites for hydroxylation is 1. The summed E-state index contributed by atoms with van der Waals surface area (Å²) < 4.78 is 11.4. The van der Waals surface area contributed by atoms with E-state index in [1.165, 1.54) is 16.0 Å².